The molecular formula is C22H25N3O2. The largest absolute Gasteiger partial charge is 0.423 e. The van der Waals surface area contributed by atoms with Gasteiger partial charge in [0, 0.05) is 25.2 Å². The number of para-hydroxylation sites is 2. The topological polar surface area (TPSA) is 58.4 Å². The first-order valence-electron chi connectivity index (χ1n) is 9.56. The zero-order valence-electron chi connectivity index (χ0n) is 15.9. The molecule has 2 aromatic carbocycles. The molecule has 2 heterocycles. The molecule has 5 heteroatoms. The molecule has 5 nitrogen and oxygen atoms in total. The van der Waals surface area contributed by atoms with Gasteiger partial charge in [-0.3, -0.25) is 4.79 Å². The summed E-state index contributed by atoms with van der Waals surface area (Å²) in [6.07, 6.45) is 2.04. The molecule has 0 unspecified atom stereocenters. The fraction of sp³-hybridized carbons (Fsp3) is 0.364. The zero-order chi connectivity index (χ0) is 18.8. The van der Waals surface area contributed by atoms with Gasteiger partial charge in [-0.2, -0.15) is 4.98 Å². The minimum atomic E-state index is 0.0255. The van der Waals surface area contributed by atoms with E-state index in [1.165, 1.54) is 0 Å². The lowest BCUT2D eigenvalue weighted by molar-refractivity contribution is 0.0944. The first-order valence-corrected chi connectivity index (χ1v) is 9.56. The number of carbonyl (C=O) groups is 1. The maximum absolute atomic E-state index is 12.5. The Balaban J connectivity index is 1.31. The second kappa shape index (κ2) is 7.43. The number of hydrogen-bond donors (Lipinski definition) is 1. The predicted molar refractivity (Wildman–Crippen MR) is 107 cm³/mol. The van der Waals surface area contributed by atoms with Crippen LogP contribution in [0.1, 0.15) is 34.3 Å². The lowest BCUT2D eigenvalue weighted by Crippen LogP contribution is -2.39. The second-order valence-corrected chi connectivity index (χ2v) is 7.42. The van der Waals surface area contributed by atoms with Crippen LogP contribution in [-0.4, -0.2) is 30.5 Å². The molecule has 1 aliphatic rings. The Hall–Kier alpha value is -2.82. The van der Waals surface area contributed by atoms with Crippen molar-refractivity contribution in [2.45, 2.75) is 26.7 Å². The highest BCUT2D eigenvalue weighted by Crippen LogP contribution is 2.26. The first kappa shape index (κ1) is 17.6. The molecule has 1 N–H and O–H groups in total. The van der Waals surface area contributed by atoms with Crippen LogP contribution in [0, 0.1) is 19.8 Å². The van der Waals surface area contributed by atoms with Crippen LogP contribution < -0.4 is 10.2 Å². The average Bonchev–Trinajstić information content (AvgIpc) is 3.12. The number of aryl methyl sites for hydroxylation is 2. The van der Waals surface area contributed by atoms with Gasteiger partial charge in [0.2, 0.25) is 0 Å². The Labute approximate surface area is 159 Å². The Kier molecular flexibility index (Phi) is 4.84. The molecule has 27 heavy (non-hydrogen) atoms. The fourth-order valence-electron chi connectivity index (χ4n) is 3.64. The van der Waals surface area contributed by atoms with E-state index in [-0.39, 0.29) is 5.91 Å². The minimum absolute atomic E-state index is 0.0255. The number of nitrogens with one attached hydrogen (secondary N) is 1. The number of piperidine rings is 1. The summed E-state index contributed by atoms with van der Waals surface area (Å²) in [6, 6.07) is 14.5. The third kappa shape index (κ3) is 3.82. The number of amides is 1. The molecule has 0 aliphatic carbocycles. The van der Waals surface area contributed by atoms with Crippen LogP contribution in [0.4, 0.5) is 6.01 Å². The number of fused-ring (bicyclic) bond motifs is 1. The van der Waals surface area contributed by atoms with Crippen LogP contribution in [0.25, 0.3) is 11.1 Å². The quantitative estimate of drug-likeness (QED) is 0.758. The molecule has 0 atom stereocenters. The van der Waals surface area contributed by atoms with E-state index in [0.29, 0.717) is 18.5 Å². The van der Waals surface area contributed by atoms with Gasteiger partial charge in [0.15, 0.2) is 5.58 Å². The molecule has 0 bridgehead atoms. The van der Waals surface area contributed by atoms with E-state index < -0.39 is 0 Å². The van der Waals surface area contributed by atoms with Crippen molar-refractivity contribution in [3.05, 3.63) is 59.2 Å². The highest BCUT2D eigenvalue weighted by molar-refractivity contribution is 5.95. The molecule has 1 amide bonds. The van der Waals surface area contributed by atoms with Gasteiger partial charge in [0.25, 0.3) is 11.9 Å². The Morgan fingerprint density at radius 1 is 1.19 bits per heavy atom. The summed E-state index contributed by atoms with van der Waals surface area (Å²) in [5, 5.41) is 3.12. The van der Waals surface area contributed by atoms with Crippen molar-refractivity contribution in [3.8, 4) is 0 Å². The Morgan fingerprint density at radius 3 is 2.74 bits per heavy atom. The number of benzene rings is 2. The van der Waals surface area contributed by atoms with E-state index in [2.05, 4.69) is 15.2 Å². The van der Waals surface area contributed by atoms with Crippen molar-refractivity contribution < 1.29 is 9.21 Å². The predicted octanol–water partition coefficient (Wildman–Crippen LogP) is 4.09. The van der Waals surface area contributed by atoms with Crippen LogP contribution in [0.2, 0.25) is 0 Å². The number of carbonyl (C=O) groups excluding carboxylic acids is 1. The summed E-state index contributed by atoms with van der Waals surface area (Å²) in [5.41, 5.74) is 4.63. The molecule has 140 valence electrons. The van der Waals surface area contributed by atoms with Gasteiger partial charge in [-0.15, -0.1) is 0 Å². The van der Waals surface area contributed by atoms with Gasteiger partial charge >= 0.3 is 0 Å². The number of nitrogens with zero attached hydrogens (tertiary/aromatic N) is 2. The highest BCUT2D eigenvalue weighted by Gasteiger charge is 2.23. The molecule has 3 aromatic rings. The summed E-state index contributed by atoms with van der Waals surface area (Å²) in [4.78, 5) is 19.3. The van der Waals surface area contributed by atoms with Crippen LogP contribution in [-0.2, 0) is 0 Å². The van der Waals surface area contributed by atoms with Crippen LogP contribution in [0.15, 0.2) is 46.9 Å². The third-order valence-electron chi connectivity index (χ3n) is 5.36. The number of hydrogen-bond acceptors (Lipinski definition) is 4. The van der Waals surface area contributed by atoms with Gasteiger partial charge in [0.05, 0.1) is 0 Å². The van der Waals surface area contributed by atoms with E-state index in [0.717, 1.165) is 53.7 Å². The standard InChI is InChI=1S/C22H25N3O2/c1-15-7-8-16(2)18(13-15)21(26)23-14-17-9-11-25(12-10-17)22-24-19-5-3-4-6-20(19)27-22/h3-8,13,17H,9-12,14H2,1-2H3,(H,23,26). The number of rotatable bonds is 4. The van der Waals surface area contributed by atoms with E-state index in [1.54, 1.807) is 0 Å². The smallest absolute Gasteiger partial charge is 0.298 e. The average molecular weight is 363 g/mol. The second-order valence-electron chi connectivity index (χ2n) is 7.42. The summed E-state index contributed by atoms with van der Waals surface area (Å²) in [7, 11) is 0. The molecule has 0 radical (unpaired) electrons. The summed E-state index contributed by atoms with van der Waals surface area (Å²) >= 11 is 0. The number of oxazole rings is 1. The SMILES string of the molecule is Cc1ccc(C)c(C(=O)NCC2CCN(c3nc4ccccc4o3)CC2)c1. The van der Waals surface area contributed by atoms with Crippen molar-refractivity contribution in [2.75, 3.05) is 24.5 Å². The van der Waals surface area contributed by atoms with Crippen LogP contribution in [0.3, 0.4) is 0 Å². The summed E-state index contributed by atoms with van der Waals surface area (Å²) in [6.45, 7) is 6.51. The third-order valence-corrected chi connectivity index (χ3v) is 5.36. The molecular weight excluding hydrogens is 338 g/mol. The maximum atomic E-state index is 12.5. The van der Waals surface area contributed by atoms with Crippen molar-refractivity contribution in [3.63, 3.8) is 0 Å². The molecule has 1 fully saturated rings. The Bertz CT molecular complexity index is 922. The number of aromatic nitrogens is 1. The first-order chi connectivity index (χ1) is 13.1. The van der Waals surface area contributed by atoms with Crippen molar-refractivity contribution in [1.82, 2.24) is 10.3 Å². The molecule has 0 saturated carbocycles. The van der Waals surface area contributed by atoms with Crippen molar-refractivity contribution in [2.24, 2.45) is 5.92 Å². The van der Waals surface area contributed by atoms with Crippen LogP contribution in [0.5, 0.6) is 0 Å². The van der Waals surface area contributed by atoms with Gasteiger partial charge in [-0.05, 0) is 56.4 Å². The number of anilines is 1. The maximum Gasteiger partial charge on any atom is 0.298 e. The summed E-state index contributed by atoms with van der Waals surface area (Å²) in [5.74, 6) is 0.511. The molecule has 4 rings (SSSR count). The van der Waals surface area contributed by atoms with Crippen LogP contribution >= 0.6 is 0 Å². The van der Waals surface area contributed by atoms with E-state index in [4.69, 9.17) is 4.42 Å². The van der Waals surface area contributed by atoms with Gasteiger partial charge in [-0.1, -0.05) is 29.8 Å². The van der Waals surface area contributed by atoms with Gasteiger partial charge in [0.1, 0.15) is 5.52 Å². The monoisotopic (exact) mass is 363 g/mol. The van der Waals surface area contributed by atoms with Crippen molar-refractivity contribution >= 4 is 23.0 Å². The lowest BCUT2D eigenvalue weighted by atomic mass is 9.96. The zero-order valence-corrected chi connectivity index (χ0v) is 15.9. The molecule has 1 aliphatic heterocycles. The van der Waals surface area contributed by atoms with Gasteiger partial charge < -0.3 is 14.6 Å². The van der Waals surface area contributed by atoms with Crippen molar-refractivity contribution in [1.29, 1.82) is 0 Å². The highest BCUT2D eigenvalue weighted by atomic mass is 16.4. The Morgan fingerprint density at radius 2 is 1.96 bits per heavy atom. The van der Waals surface area contributed by atoms with Gasteiger partial charge in [-0.25, -0.2) is 0 Å². The molecule has 0 spiro atoms. The minimum Gasteiger partial charge on any atom is -0.423 e. The van der Waals surface area contributed by atoms with E-state index >= 15 is 0 Å². The van der Waals surface area contributed by atoms with E-state index in [9.17, 15) is 4.79 Å². The summed E-state index contributed by atoms with van der Waals surface area (Å²) < 4.78 is 5.87. The van der Waals surface area contributed by atoms with E-state index in [1.807, 2.05) is 56.3 Å². The fourth-order valence-corrected chi connectivity index (χ4v) is 3.64. The lowest BCUT2D eigenvalue weighted by Gasteiger charge is -2.30. The normalized spacial score (nSPS) is 15.3. The molecule has 1 aromatic heterocycles. The molecule has 1 saturated heterocycles.